The molecule has 5 heteroatoms. The summed E-state index contributed by atoms with van der Waals surface area (Å²) in [7, 11) is 0. The molecule has 0 unspecified atom stereocenters. The first-order valence-electron chi connectivity index (χ1n) is 8.29. The molecule has 0 N–H and O–H groups in total. The summed E-state index contributed by atoms with van der Waals surface area (Å²) in [4.78, 5) is 36.2. The number of Topliss-reactive ketones (excluding diaryl/α,β-unsaturated/α-hetero) is 1. The van der Waals surface area contributed by atoms with E-state index in [1.54, 1.807) is 52.0 Å². The summed E-state index contributed by atoms with van der Waals surface area (Å²) < 4.78 is 10.1. The lowest BCUT2D eigenvalue weighted by Crippen LogP contribution is -2.22. The first-order chi connectivity index (χ1) is 12.3. The fourth-order valence-corrected chi connectivity index (χ4v) is 2.75. The number of aryl methyl sites for hydroxylation is 4. The van der Waals surface area contributed by atoms with Crippen LogP contribution >= 0.6 is 0 Å². The number of hydrogen-bond acceptors (Lipinski definition) is 5. The molecule has 2 rings (SSSR count). The number of ether oxygens (including phenoxy) is 2. The maximum absolute atomic E-state index is 12.2. The molecular formula is C21H22O5. The van der Waals surface area contributed by atoms with E-state index >= 15 is 0 Å². The number of hydrogen-bond donors (Lipinski definition) is 0. The quantitative estimate of drug-likeness (QED) is 0.743. The molecule has 5 nitrogen and oxygen atoms in total. The lowest BCUT2D eigenvalue weighted by molar-refractivity contribution is -0.125. The van der Waals surface area contributed by atoms with E-state index in [0.717, 1.165) is 22.3 Å². The molecule has 0 aromatic heterocycles. The zero-order valence-corrected chi connectivity index (χ0v) is 15.4. The van der Waals surface area contributed by atoms with Crippen LogP contribution in [-0.4, -0.2) is 30.9 Å². The molecule has 0 atom stereocenters. The zero-order valence-electron chi connectivity index (χ0n) is 15.4. The van der Waals surface area contributed by atoms with Gasteiger partial charge < -0.3 is 9.47 Å². The maximum atomic E-state index is 12.2. The van der Waals surface area contributed by atoms with Crippen molar-refractivity contribution in [3.63, 3.8) is 0 Å². The summed E-state index contributed by atoms with van der Waals surface area (Å²) in [6, 6.07) is 10.9. The van der Waals surface area contributed by atoms with Gasteiger partial charge in [0.05, 0.1) is 11.1 Å². The molecule has 0 spiro atoms. The van der Waals surface area contributed by atoms with Gasteiger partial charge in [0.1, 0.15) is 0 Å². The summed E-state index contributed by atoms with van der Waals surface area (Å²) >= 11 is 0. The average Bonchev–Trinajstić information content (AvgIpc) is 2.57. The van der Waals surface area contributed by atoms with Crippen LogP contribution < -0.4 is 0 Å². The lowest BCUT2D eigenvalue weighted by Gasteiger charge is -2.11. The highest BCUT2D eigenvalue weighted by Crippen LogP contribution is 2.15. The molecule has 0 aliphatic rings. The average molecular weight is 354 g/mol. The monoisotopic (exact) mass is 354 g/mol. The van der Waals surface area contributed by atoms with Crippen LogP contribution in [0.3, 0.4) is 0 Å². The van der Waals surface area contributed by atoms with Gasteiger partial charge in [0.2, 0.25) is 5.78 Å². The van der Waals surface area contributed by atoms with Crippen molar-refractivity contribution in [2.24, 2.45) is 0 Å². The Bertz CT molecular complexity index is 741. The number of benzene rings is 2. The lowest BCUT2D eigenvalue weighted by atomic mass is 10.0. The van der Waals surface area contributed by atoms with Crippen molar-refractivity contribution in [2.45, 2.75) is 27.7 Å². The van der Waals surface area contributed by atoms with Crippen LogP contribution in [0.1, 0.15) is 43.0 Å². The molecule has 0 radical (unpaired) electrons. The summed E-state index contributed by atoms with van der Waals surface area (Å²) in [5.74, 6) is -1.60. The van der Waals surface area contributed by atoms with E-state index in [2.05, 4.69) is 0 Å². The second-order valence-electron chi connectivity index (χ2n) is 6.22. The van der Waals surface area contributed by atoms with Crippen molar-refractivity contribution in [2.75, 3.05) is 13.2 Å². The minimum atomic E-state index is -0.560. The Hall–Kier alpha value is -2.95. The van der Waals surface area contributed by atoms with E-state index in [1.165, 1.54) is 0 Å². The summed E-state index contributed by atoms with van der Waals surface area (Å²) in [5, 5.41) is 0. The van der Waals surface area contributed by atoms with Crippen molar-refractivity contribution in [1.82, 2.24) is 0 Å². The van der Waals surface area contributed by atoms with E-state index in [4.69, 9.17) is 9.47 Å². The van der Waals surface area contributed by atoms with Gasteiger partial charge in [-0.05, 0) is 49.9 Å². The normalized spacial score (nSPS) is 10.3. The van der Waals surface area contributed by atoms with Gasteiger partial charge in [-0.2, -0.15) is 0 Å². The number of esters is 2. The first kappa shape index (κ1) is 19.4. The molecule has 2 aromatic rings. The first-order valence-corrected chi connectivity index (χ1v) is 8.29. The maximum Gasteiger partial charge on any atom is 0.339 e. The fourth-order valence-electron chi connectivity index (χ4n) is 2.75. The Kier molecular flexibility index (Phi) is 6.28. The largest absolute Gasteiger partial charge is 0.454 e. The zero-order chi connectivity index (χ0) is 19.3. The summed E-state index contributed by atoms with van der Waals surface area (Å²) in [6.07, 6.45) is 0. The second kappa shape index (κ2) is 8.43. The minimum absolute atomic E-state index is 0.438. The highest BCUT2D eigenvalue weighted by molar-refractivity contribution is 5.96. The molecule has 26 heavy (non-hydrogen) atoms. The van der Waals surface area contributed by atoms with Crippen LogP contribution in [-0.2, 0) is 14.3 Å². The minimum Gasteiger partial charge on any atom is -0.454 e. The summed E-state index contributed by atoms with van der Waals surface area (Å²) in [5.41, 5.74) is 4.03. The van der Waals surface area contributed by atoms with Crippen LogP contribution in [0.4, 0.5) is 0 Å². The van der Waals surface area contributed by atoms with Crippen molar-refractivity contribution in [1.29, 1.82) is 0 Å². The highest BCUT2D eigenvalue weighted by Gasteiger charge is 2.17. The molecule has 0 saturated heterocycles. The standard InChI is InChI=1S/C21H22O5/c1-13-7-5-8-14(2)18(13)20(23)25-11-17(22)12-26-21(24)19-15(3)9-6-10-16(19)4/h5-10H,11-12H2,1-4H3. The van der Waals surface area contributed by atoms with Gasteiger partial charge >= 0.3 is 11.9 Å². The van der Waals surface area contributed by atoms with Crippen LogP contribution in [0.25, 0.3) is 0 Å². The van der Waals surface area contributed by atoms with E-state index in [0.29, 0.717) is 11.1 Å². The van der Waals surface area contributed by atoms with E-state index in [-0.39, 0.29) is 0 Å². The van der Waals surface area contributed by atoms with Crippen LogP contribution in [0, 0.1) is 27.7 Å². The predicted molar refractivity (Wildman–Crippen MR) is 97.4 cm³/mol. The Morgan fingerprint density at radius 1 is 0.654 bits per heavy atom. The third kappa shape index (κ3) is 4.57. The molecule has 0 aliphatic carbocycles. The Balaban J connectivity index is 1.90. The van der Waals surface area contributed by atoms with Gasteiger partial charge in [-0.15, -0.1) is 0 Å². The second-order valence-corrected chi connectivity index (χ2v) is 6.22. The van der Waals surface area contributed by atoms with Crippen LogP contribution in [0.2, 0.25) is 0 Å². The molecule has 0 bridgehead atoms. The highest BCUT2D eigenvalue weighted by atomic mass is 16.6. The third-order valence-electron chi connectivity index (χ3n) is 4.10. The molecule has 0 heterocycles. The Morgan fingerprint density at radius 2 is 0.962 bits per heavy atom. The van der Waals surface area contributed by atoms with Crippen LogP contribution in [0.5, 0.6) is 0 Å². The van der Waals surface area contributed by atoms with Gasteiger partial charge in [0.15, 0.2) is 13.2 Å². The Labute approximate surface area is 152 Å². The van der Waals surface area contributed by atoms with Gasteiger partial charge in [-0.1, -0.05) is 36.4 Å². The van der Waals surface area contributed by atoms with E-state index in [1.807, 2.05) is 12.1 Å². The number of ketones is 1. The predicted octanol–water partition coefficient (Wildman–Crippen LogP) is 3.50. The topological polar surface area (TPSA) is 69.7 Å². The fraction of sp³-hybridized carbons (Fsp3) is 0.286. The smallest absolute Gasteiger partial charge is 0.339 e. The molecule has 136 valence electrons. The molecular weight excluding hydrogens is 332 g/mol. The van der Waals surface area contributed by atoms with Gasteiger partial charge in [-0.25, -0.2) is 9.59 Å². The van der Waals surface area contributed by atoms with E-state index in [9.17, 15) is 14.4 Å². The molecule has 0 fully saturated rings. The van der Waals surface area contributed by atoms with Crippen molar-refractivity contribution < 1.29 is 23.9 Å². The van der Waals surface area contributed by atoms with Gasteiger partial charge in [-0.3, -0.25) is 4.79 Å². The number of carbonyl (C=O) groups excluding carboxylic acids is 3. The van der Waals surface area contributed by atoms with Crippen molar-refractivity contribution in [3.05, 3.63) is 69.8 Å². The van der Waals surface area contributed by atoms with E-state index < -0.39 is 30.9 Å². The summed E-state index contributed by atoms with van der Waals surface area (Å²) in [6.45, 7) is 6.34. The molecule has 0 aliphatic heterocycles. The van der Waals surface area contributed by atoms with Crippen molar-refractivity contribution >= 4 is 17.7 Å². The third-order valence-corrected chi connectivity index (χ3v) is 4.10. The number of rotatable bonds is 6. The molecule has 2 aromatic carbocycles. The van der Waals surface area contributed by atoms with Crippen molar-refractivity contribution in [3.8, 4) is 0 Å². The Morgan fingerprint density at radius 3 is 1.27 bits per heavy atom. The number of carbonyl (C=O) groups is 3. The van der Waals surface area contributed by atoms with Gasteiger partial charge in [0, 0.05) is 0 Å². The van der Waals surface area contributed by atoms with Crippen LogP contribution in [0.15, 0.2) is 36.4 Å². The SMILES string of the molecule is Cc1cccc(C)c1C(=O)OCC(=O)COC(=O)c1c(C)cccc1C. The van der Waals surface area contributed by atoms with Gasteiger partial charge in [0.25, 0.3) is 0 Å². The molecule has 0 amide bonds. The molecule has 0 saturated carbocycles.